The van der Waals surface area contributed by atoms with Crippen molar-refractivity contribution >= 4 is 5.97 Å². The second-order valence-electron chi connectivity index (χ2n) is 5.67. The lowest BCUT2D eigenvalue weighted by Crippen LogP contribution is -2.68. The first-order valence-corrected chi connectivity index (χ1v) is 6.88. The minimum Gasteiger partial charge on any atom is -0.481 e. The summed E-state index contributed by atoms with van der Waals surface area (Å²) in [5, 5.41) is 15.5. The predicted molar refractivity (Wildman–Crippen MR) is 67.0 cm³/mol. The quantitative estimate of drug-likeness (QED) is 0.656. The summed E-state index contributed by atoms with van der Waals surface area (Å²) in [4.78, 5) is 10.8. The average molecular weight is 240 g/mol. The molecule has 4 nitrogen and oxygen atoms in total. The zero-order valence-electron chi connectivity index (χ0n) is 10.5. The molecule has 1 aliphatic heterocycles. The van der Waals surface area contributed by atoms with E-state index in [2.05, 4.69) is 10.6 Å². The van der Waals surface area contributed by atoms with Crippen LogP contribution in [0.3, 0.4) is 0 Å². The summed E-state index contributed by atoms with van der Waals surface area (Å²) in [6.45, 7) is 2.56. The smallest absolute Gasteiger partial charge is 0.305 e. The second kappa shape index (κ2) is 5.83. The van der Waals surface area contributed by atoms with Gasteiger partial charge in [0.15, 0.2) is 0 Å². The van der Waals surface area contributed by atoms with Crippen LogP contribution in [0.1, 0.15) is 44.9 Å². The van der Waals surface area contributed by atoms with E-state index in [4.69, 9.17) is 5.11 Å². The van der Waals surface area contributed by atoms with Gasteiger partial charge in [0, 0.05) is 13.1 Å². The van der Waals surface area contributed by atoms with Crippen LogP contribution in [0, 0.1) is 5.92 Å². The fourth-order valence-corrected chi connectivity index (χ4v) is 3.05. The van der Waals surface area contributed by atoms with Gasteiger partial charge < -0.3 is 15.7 Å². The number of hydrogen-bond donors (Lipinski definition) is 3. The Morgan fingerprint density at radius 1 is 1.29 bits per heavy atom. The van der Waals surface area contributed by atoms with Gasteiger partial charge in [-0.1, -0.05) is 32.1 Å². The van der Waals surface area contributed by atoms with E-state index >= 15 is 0 Å². The van der Waals surface area contributed by atoms with E-state index in [0.29, 0.717) is 0 Å². The number of hydrogen-bond acceptors (Lipinski definition) is 3. The SMILES string of the molecule is O=C(O)CC1(NCCC2CCCCC2)CNC1. The van der Waals surface area contributed by atoms with Crippen LogP contribution in [0.2, 0.25) is 0 Å². The van der Waals surface area contributed by atoms with Gasteiger partial charge in [-0.2, -0.15) is 0 Å². The molecule has 0 aromatic carbocycles. The molecular weight excluding hydrogens is 216 g/mol. The van der Waals surface area contributed by atoms with Gasteiger partial charge in [0.1, 0.15) is 0 Å². The van der Waals surface area contributed by atoms with E-state index < -0.39 is 5.97 Å². The van der Waals surface area contributed by atoms with Gasteiger partial charge in [-0.25, -0.2) is 0 Å². The summed E-state index contributed by atoms with van der Waals surface area (Å²) < 4.78 is 0. The van der Waals surface area contributed by atoms with Crippen LogP contribution in [0.15, 0.2) is 0 Å². The summed E-state index contributed by atoms with van der Waals surface area (Å²) in [6.07, 6.45) is 8.35. The summed E-state index contributed by atoms with van der Waals surface area (Å²) in [7, 11) is 0. The van der Waals surface area contributed by atoms with Crippen LogP contribution in [0.5, 0.6) is 0 Å². The Morgan fingerprint density at radius 2 is 2.00 bits per heavy atom. The van der Waals surface area contributed by atoms with E-state index in [1.54, 1.807) is 0 Å². The first-order chi connectivity index (χ1) is 8.20. The molecule has 17 heavy (non-hydrogen) atoms. The largest absolute Gasteiger partial charge is 0.481 e. The maximum absolute atomic E-state index is 10.8. The fraction of sp³-hybridized carbons (Fsp3) is 0.923. The maximum Gasteiger partial charge on any atom is 0.305 e. The normalized spacial score (nSPS) is 24.2. The maximum atomic E-state index is 10.8. The molecule has 1 saturated heterocycles. The van der Waals surface area contributed by atoms with E-state index in [1.165, 1.54) is 38.5 Å². The van der Waals surface area contributed by atoms with Crippen LogP contribution in [-0.2, 0) is 4.79 Å². The average Bonchev–Trinajstić information content (AvgIpc) is 2.26. The third kappa shape index (κ3) is 3.68. The van der Waals surface area contributed by atoms with Crippen molar-refractivity contribution < 1.29 is 9.90 Å². The molecule has 2 rings (SSSR count). The van der Waals surface area contributed by atoms with Crippen molar-refractivity contribution in [2.75, 3.05) is 19.6 Å². The third-order valence-corrected chi connectivity index (χ3v) is 4.19. The van der Waals surface area contributed by atoms with Crippen LogP contribution >= 0.6 is 0 Å². The van der Waals surface area contributed by atoms with Gasteiger partial charge >= 0.3 is 5.97 Å². The molecule has 0 radical (unpaired) electrons. The van der Waals surface area contributed by atoms with Crippen LogP contribution < -0.4 is 10.6 Å². The monoisotopic (exact) mass is 240 g/mol. The number of carbonyl (C=O) groups is 1. The highest BCUT2D eigenvalue weighted by atomic mass is 16.4. The highest BCUT2D eigenvalue weighted by molar-refractivity contribution is 5.68. The summed E-state index contributed by atoms with van der Waals surface area (Å²) in [5.74, 6) is 0.169. The Kier molecular flexibility index (Phi) is 4.40. The summed E-state index contributed by atoms with van der Waals surface area (Å²) in [6, 6.07) is 0. The van der Waals surface area contributed by atoms with Crippen LogP contribution in [0.25, 0.3) is 0 Å². The third-order valence-electron chi connectivity index (χ3n) is 4.19. The van der Waals surface area contributed by atoms with Gasteiger partial charge in [-0.3, -0.25) is 4.79 Å². The zero-order valence-corrected chi connectivity index (χ0v) is 10.5. The lowest BCUT2D eigenvalue weighted by Gasteiger charge is -2.43. The number of carboxylic acids is 1. The molecule has 98 valence electrons. The standard InChI is InChI=1S/C13H24N2O2/c16-12(17)8-13(9-14-10-13)15-7-6-11-4-2-1-3-5-11/h11,14-15H,1-10H2,(H,16,17). The molecule has 2 aliphatic rings. The molecule has 0 bridgehead atoms. The second-order valence-corrected chi connectivity index (χ2v) is 5.67. The van der Waals surface area contributed by atoms with E-state index in [9.17, 15) is 4.79 Å². The summed E-state index contributed by atoms with van der Waals surface area (Å²) >= 11 is 0. The van der Waals surface area contributed by atoms with Gasteiger partial charge in [0.2, 0.25) is 0 Å². The number of aliphatic carboxylic acids is 1. The van der Waals surface area contributed by atoms with Crippen molar-refractivity contribution in [3.63, 3.8) is 0 Å². The lowest BCUT2D eigenvalue weighted by atomic mass is 9.85. The van der Waals surface area contributed by atoms with E-state index in [-0.39, 0.29) is 12.0 Å². The Balaban J connectivity index is 1.67. The van der Waals surface area contributed by atoms with Crippen molar-refractivity contribution in [1.29, 1.82) is 0 Å². The molecule has 0 unspecified atom stereocenters. The molecule has 1 heterocycles. The first kappa shape index (κ1) is 12.8. The van der Waals surface area contributed by atoms with Crippen molar-refractivity contribution in [1.82, 2.24) is 10.6 Å². The van der Waals surface area contributed by atoms with Gasteiger partial charge in [-0.05, 0) is 18.9 Å². The van der Waals surface area contributed by atoms with Crippen molar-refractivity contribution in [2.24, 2.45) is 5.92 Å². The Hall–Kier alpha value is -0.610. The summed E-state index contributed by atoms with van der Waals surface area (Å²) in [5.41, 5.74) is -0.166. The van der Waals surface area contributed by atoms with E-state index in [1.807, 2.05) is 0 Å². The molecule has 1 aliphatic carbocycles. The number of nitrogens with one attached hydrogen (secondary N) is 2. The zero-order chi connectivity index (χ0) is 12.1. The fourth-order valence-electron chi connectivity index (χ4n) is 3.05. The minimum atomic E-state index is -0.698. The van der Waals surface area contributed by atoms with Crippen LogP contribution in [0.4, 0.5) is 0 Å². The minimum absolute atomic E-state index is 0.166. The van der Waals surface area contributed by atoms with Gasteiger partial charge in [-0.15, -0.1) is 0 Å². The van der Waals surface area contributed by atoms with E-state index in [0.717, 1.165) is 25.6 Å². The Morgan fingerprint density at radius 3 is 2.53 bits per heavy atom. The first-order valence-electron chi connectivity index (χ1n) is 6.88. The molecule has 1 saturated carbocycles. The van der Waals surface area contributed by atoms with Gasteiger partial charge in [0.05, 0.1) is 12.0 Å². The van der Waals surface area contributed by atoms with Crippen molar-refractivity contribution in [3.8, 4) is 0 Å². The van der Waals surface area contributed by atoms with Gasteiger partial charge in [0.25, 0.3) is 0 Å². The Labute approximate surface area is 103 Å². The molecule has 0 aromatic rings. The molecule has 0 atom stereocenters. The van der Waals surface area contributed by atoms with Crippen molar-refractivity contribution in [3.05, 3.63) is 0 Å². The topological polar surface area (TPSA) is 61.4 Å². The highest BCUT2D eigenvalue weighted by Crippen LogP contribution is 2.26. The lowest BCUT2D eigenvalue weighted by molar-refractivity contribution is -0.139. The highest BCUT2D eigenvalue weighted by Gasteiger charge is 2.38. The number of carboxylic acid groups (broad SMARTS) is 1. The molecule has 2 fully saturated rings. The molecule has 0 aromatic heterocycles. The molecule has 3 N–H and O–H groups in total. The van der Waals surface area contributed by atoms with Crippen LogP contribution in [-0.4, -0.2) is 36.2 Å². The molecule has 0 spiro atoms. The molecule has 4 heteroatoms. The Bertz CT molecular complexity index is 258. The number of rotatable bonds is 6. The molecule has 0 amide bonds. The predicted octanol–water partition coefficient (Wildman–Crippen LogP) is 1.36. The van der Waals surface area contributed by atoms with Crippen molar-refractivity contribution in [2.45, 2.75) is 50.5 Å². The molecular formula is C13H24N2O2.